The number of H-pyrrole nitrogens is 1. The van der Waals surface area contributed by atoms with Crippen LogP contribution in [-0.4, -0.2) is 39.7 Å². The van der Waals surface area contributed by atoms with Crippen molar-refractivity contribution in [2.24, 2.45) is 0 Å². The van der Waals surface area contributed by atoms with Crippen LogP contribution in [0, 0.1) is 0 Å². The van der Waals surface area contributed by atoms with Gasteiger partial charge in [-0.05, 0) is 26.0 Å². The lowest BCUT2D eigenvalue weighted by Gasteiger charge is -2.36. The highest BCUT2D eigenvalue weighted by molar-refractivity contribution is 7.89. The number of alkyl halides is 3. The minimum atomic E-state index is -4.67. The molecule has 0 amide bonds. The van der Waals surface area contributed by atoms with Gasteiger partial charge in [0.15, 0.2) is 5.78 Å². The molecule has 0 unspecified atom stereocenters. The Labute approximate surface area is 140 Å². The highest BCUT2D eigenvalue weighted by atomic mass is 32.2. The molecule has 0 bridgehead atoms. The Morgan fingerprint density at radius 2 is 1.84 bits per heavy atom. The van der Waals surface area contributed by atoms with E-state index in [9.17, 15) is 26.4 Å². The highest BCUT2D eigenvalue weighted by Gasteiger charge is 2.44. The van der Waals surface area contributed by atoms with Crippen LogP contribution in [0.1, 0.15) is 41.6 Å². The Kier molecular flexibility index (Phi) is 3.95. The summed E-state index contributed by atoms with van der Waals surface area (Å²) >= 11 is 0. The van der Waals surface area contributed by atoms with Crippen molar-refractivity contribution < 1.29 is 26.4 Å². The van der Waals surface area contributed by atoms with Gasteiger partial charge >= 0.3 is 6.18 Å². The van der Waals surface area contributed by atoms with Crippen molar-refractivity contribution in [1.29, 1.82) is 0 Å². The van der Waals surface area contributed by atoms with Gasteiger partial charge in [-0.25, -0.2) is 8.42 Å². The topological polar surface area (TPSA) is 96.0 Å². The van der Waals surface area contributed by atoms with E-state index in [1.54, 1.807) is 6.92 Å². The van der Waals surface area contributed by atoms with E-state index < -0.39 is 44.7 Å². The summed E-state index contributed by atoms with van der Waals surface area (Å²) in [5.74, 6) is -0.464. The van der Waals surface area contributed by atoms with Crippen LogP contribution >= 0.6 is 0 Å². The lowest BCUT2D eigenvalue weighted by Crippen LogP contribution is -2.48. The molecule has 11 heteroatoms. The fourth-order valence-corrected chi connectivity index (χ4v) is 4.56. The molecule has 134 valence electrons. The maximum absolute atomic E-state index is 12.9. The van der Waals surface area contributed by atoms with E-state index in [1.165, 1.54) is 13.1 Å². The van der Waals surface area contributed by atoms with Crippen molar-refractivity contribution in [2.75, 3.05) is 0 Å². The first-order valence-corrected chi connectivity index (χ1v) is 8.63. The fourth-order valence-electron chi connectivity index (χ4n) is 2.85. The summed E-state index contributed by atoms with van der Waals surface area (Å²) in [6, 6.07) is -0.319. The molecular weight excluding hydrogens is 361 g/mol. The number of ketones is 1. The SMILES string of the molecule is C[C@@H]1C(=O)c2[nH]ncc2[C@H](C)N1S(=O)(=O)c1ccc(C(F)(F)F)nc1. The van der Waals surface area contributed by atoms with E-state index in [1.807, 2.05) is 0 Å². The maximum atomic E-state index is 12.9. The number of carbonyl (C=O) groups excluding carboxylic acids is 1. The lowest BCUT2D eigenvalue weighted by atomic mass is 9.97. The summed E-state index contributed by atoms with van der Waals surface area (Å²) in [5.41, 5.74) is -0.553. The average molecular weight is 374 g/mol. The van der Waals surface area contributed by atoms with E-state index >= 15 is 0 Å². The number of sulfonamides is 1. The zero-order chi connectivity index (χ0) is 18.6. The van der Waals surface area contributed by atoms with Gasteiger partial charge in [-0.1, -0.05) is 0 Å². The van der Waals surface area contributed by atoms with Crippen molar-refractivity contribution in [2.45, 2.75) is 37.0 Å². The minimum absolute atomic E-state index is 0.233. The van der Waals surface area contributed by atoms with Crippen LogP contribution in [0.3, 0.4) is 0 Å². The third kappa shape index (κ3) is 2.72. The van der Waals surface area contributed by atoms with Crippen LogP contribution in [0.25, 0.3) is 0 Å². The molecule has 0 saturated heterocycles. The lowest BCUT2D eigenvalue weighted by molar-refractivity contribution is -0.141. The first kappa shape index (κ1) is 17.5. The predicted octanol–water partition coefficient (Wildman–Crippen LogP) is 2.16. The summed E-state index contributed by atoms with van der Waals surface area (Å²) in [4.78, 5) is 15.1. The van der Waals surface area contributed by atoms with Gasteiger partial charge in [-0.15, -0.1) is 0 Å². The van der Waals surface area contributed by atoms with Gasteiger partial charge < -0.3 is 0 Å². The Hall–Kier alpha value is -2.27. The van der Waals surface area contributed by atoms with E-state index in [2.05, 4.69) is 15.2 Å². The zero-order valence-electron chi connectivity index (χ0n) is 13.1. The standard InChI is InChI=1S/C14H13F3N4O3S/c1-7-10-6-19-20-12(10)13(22)8(2)21(7)25(23,24)9-3-4-11(18-5-9)14(15,16)17/h3-8H,1-2H3,(H,19,20)/t7-,8+/m0/s1. The number of fused-ring (bicyclic) bond motifs is 1. The Bertz CT molecular complexity index is 922. The van der Waals surface area contributed by atoms with E-state index in [-0.39, 0.29) is 5.69 Å². The molecule has 0 saturated carbocycles. The molecule has 0 radical (unpaired) electrons. The summed E-state index contributed by atoms with van der Waals surface area (Å²) in [5, 5.41) is 6.31. The first-order chi connectivity index (χ1) is 11.5. The molecule has 1 aliphatic rings. The van der Waals surface area contributed by atoms with Gasteiger partial charge in [0.25, 0.3) is 0 Å². The summed E-state index contributed by atoms with van der Waals surface area (Å²) < 4.78 is 64.5. The zero-order valence-corrected chi connectivity index (χ0v) is 13.9. The number of carbonyl (C=O) groups is 1. The van der Waals surface area contributed by atoms with Crippen LogP contribution < -0.4 is 0 Å². The molecule has 0 aromatic carbocycles. The fraction of sp³-hybridized carbons (Fsp3) is 0.357. The Balaban J connectivity index is 2.04. The van der Waals surface area contributed by atoms with Gasteiger partial charge in [0.1, 0.15) is 16.3 Å². The number of pyridine rings is 1. The smallest absolute Gasteiger partial charge is 0.291 e. The third-order valence-corrected chi connectivity index (χ3v) is 6.13. The number of aromatic nitrogens is 3. The average Bonchev–Trinajstić information content (AvgIpc) is 3.02. The number of nitrogens with one attached hydrogen (secondary N) is 1. The predicted molar refractivity (Wildman–Crippen MR) is 79.1 cm³/mol. The van der Waals surface area contributed by atoms with Crippen LogP contribution in [0.5, 0.6) is 0 Å². The second-order valence-corrected chi connectivity index (χ2v) is 7.47. The molecule has 2 aromatic heterocycles. The van der Waals surface area contributed by atoms with E-state index in [4.69, 9.17) is 0 Å². The number of hydrogen-bond donors (Lipinski definition) is 1. The number of Topliss-reactive ketones (excluding diaryl/α,β-unsaturated/α-hetero) is 1. The molecule has 2 aromatic rings. The van der Waals surface area contributed by atoms with Crippen molar-refractivity contribution in [3.05, 3.63) is 41.5 Å². The number of hydrogen-bond acceptors (Lipinski definition) is 5. The van der Waals surface area contributed by atoms with Crippen molar-refractivity contribution in [3.8, 4) is 0 Å². The molecule has 25 heavy (non-hydrogen) atoms. The van der Waals surface area contributed by atoms with Gasteiger partial charge in [0.2, 0.25) is 10.0 Å². The quantitative estimate of drug-likeness (QED) is 0.869. The Morgan fingerprint density at radius 1 is 1.16 bits per heavy atom. The molecule has 0 fully saturated rings. The van der Waals surface area contributed by atoms with Crippen molar-refractivity contribution in [1.82, 2.24) is 19.5 Å². The van der Waals surface area contributed by atoms with Crippen LogP contribution in [0.2, 0.25) is 0 Å². The molecule has 0 aliphatic carbocycles. The summed E-state index contributed by atoms with van der Waals surface area (Å²) in [6.07, 6.45) is -2.67. The highest BCUT2D eigenvalue weighted by Crippen LogP contribution is 2.36. The molecule has 7 nitrogen and oxygen atoms in total. The second-order valence-electron chi connectivity index (χ2n) is 5.63. The third-order valence-electron chi connectivity index (χ3n) is 4.11. The second kappa shape index (κ2) is 5.63. The van der Waals surface area contributed by atoms with E-state index in [0.29, 0.717) is 17.8 Å². The number of aromatic amines is 1. The summed E-state index contributed by atoms with van der Waals surface area (Å²) in [6.45, 7) is 2.99. The molecule has 1 aliphatic heterocycles. The van der Waals surface area contributed by atoms with Crippen molar-refractivity contribution in [3.63, 3.8) is 0 Å². The number of halogens is 3. The van der Waals surface area contributed by atoms with Gasteiger partial charge in [-0.2, -0.15) is 22.6 Å². The molecule has 2 atom stereocenters. The molecular formula is C14H13F3N4O3S. The summed E-state index contributed by atoms with van der Waals surface area (Å²) in [7, 11) is -4.24. The molecule has 3 rings (SSSR count). The minimum Gasteiger partial charge on any atom is -0.291 e. The molecule has 3 heterocycles. The van der Waals surface area contributed by atoms with Crippen molar-refractivity contribution >= 4 is 15.8 Å². The largest absolute Gasteiger partial charge is 0.433 e. The first-order valence-electron chi connectivity index (χ1n) is 7.19. The Morgan fingerprint density at radius 3 is 2.40 bits per heavy atom. The maximum Gasteiger partial charge on any atom is 0.433 e. The molecule has 1 N–H and O–H groups in total. The van der Waals surface area contributed by atoms with Crippen LogP contribution in [0.15, 0.2) is 29.4 Å². The van der Waals surface area contributed by atoms with Crippen LogP contribution in [-0.2, 0) is 16.2 Å². The number of nitrogens with zero attached hydrogens (tertiary/aromatic N) is 3. The molecule has 0 spiro atoms. The number of rotatable bonds is 2. The van der Waals surface area contributed by atoms with Crippen LogP contribution in [0.4, 0.5) is 13.2 Å². The normalized spacial score (nSPS) is 22.0. The van der Waals surface area contributed by atoms with Gasteiger partial charge in [-0.3, -0.25) is 14.9 Å². The van der Waals surface area contributed by atoms with Gasteiger partial charge in [0.05, 0.1) is 18.3 Å². The monoisotopic (exact) mass is 374 g/mol. The van der Waals surface area contributed by atoms with Gasteiger partial charge in [0, 0.05) is 11.8 Å². The van der Waals surface area contributed by atoms with E-state index in [0.717, 1.165) is 10.4 Å².